The monoisotopic (exact) mass is 291 g/mol. The quantitative estimate of drug-likeness (QED) is 0.858. The van der Waals surface area contributed by atoms with Crippen LogP contribution in [0.5, 0.6) is 0 Å². The average Bonchev–Trinajstić information content (AvgIpc) is 2.73. The van der Waals surface area contributed by atoms with Gasteiger partial charge in [-0.05, 0) is 25.1 Å². The van der Waals surface area contributed by atoms with E-state index in [0.29, 0.717) is 5.76 Å². The number of aliphatic hydroxyl groups excluding tert-OH is 1. The van der Waals surface area contributed by atoms with Gasteiger partial charge in [-0.2, -0.15) is 13.2 Å². The molecule has 0 bridgehead atoms. The van der Waals surface area contributed by atoms with Crippen LogP contribution in [0, 0.1) is 6.92 Å². The number of halogens is 4. The molecule has 0 fully saturated rings. The van der Waals surface area contributed by atoms with Crippen molar-refractivity contribution in [3.63, 3.8) is 0 Å². The minimum atomic E-state index is -4.58. The number of rotatable bonds is 2. The van der Waals surface area contributed by atoms with Crippen LogP contribution < -0.4 is 0 Å². The molecule has 0 aliphatic carbocycles. The molecule has 0 amide bonds. The van der Waals surface area contributed by atoms with Crippen LogP contribution in [0.3, 0.4) is 0 Å². The minimum Gasteiger partial charge on any atom is -0.463 e. The fourth-order valence-corrected chi connectivity index (χ4v) is 1.82. The molecule has 2 aromatic heterocycles. The van der Waals surface area contributed by atoms with Crippen LogP contribution in [0.25, 0.3) is 0 Å². The number of pyridine rings is 1. The summed E-state index contributed by atoms with van der Waals surface area (Å²) in [7, 11) is 0. The van der Waals surface area contributed by atoms with Crippen molar-refractivity contribution in [2.75, 3.05) is 0 Å². The van der Waals surface area contributed by atoms with E-state index in [0.717, 1.165) is 12.1 Å². The normalized spacial score (nSPS) is 13.6. The van der Waals surface area contributed by atoms with E-state index in [9.17, 15) is 18.3 Å². The molecule has 2 aromatic rings. The third kappa shape index (κ3) is 2.90. The molecule has 0 aliphatic heterocycles. The van der Waals surface area contributed by atoms with Gasteiger partial charge in [-0.3, -0.25) is 0 Å². The lowest BCUT2D eigenvalue weighted by Crippen LogP contribution is -2.10. The molecule has 19 heavy (non-hydrogen) atoms. The van der Waals surface area contributed by atoms with Gasteiger partial charge in [0.15, 0.2) is 0 Å². The van der Waals surface area contributed by atoms with Crippen LogP contribution in [0.2, 0.25) is 5.15 Å². The summed E-state index contributed by atoms with van der Waals surface area (Å²) >= 11 is 5.67. The maximum Gasteiger partial charge on any atom is 0.433 e. The van der Waals surface area contributed by atoms with E-state index in [1.54, 1.807) is 13.0 Å². The van der Waals surface area contributed by atoms with Gasteiger partial charge < -0.3 is 9.52 Å². The van der Waals surface area contributed by atoms with Crippen LogP contribution >= 0.6 is 11.6 Å². The van der Waals surface area contributed by atoms with Gasteiger partial charge in [0.1, 0.15) is 28.5 Å². The Morgan fingerprint density at radius 1 is 1.26 bits per heavy atom. The highest BCUT2D eigenvalue weighted by Crippen LogP contribution is 2.33. The first kappa shape index (κ1) is 13.9. The number of hydrogen-bond donors (Lipinski definition) is 1. The summed E-state index contributed by atoms with van der Waals surface area (Å²) in [5, 5.41) is 9.57. The number of hydrogen-bond acceptors (Lipinski definition) is 3. The Morgan fingerprint density at radius 3 is 2.42 bits per heavy atom. The zero-order valence-electron chi connectivity index (χ0n) is 9.70. The number of alkyl halides is 3. The van der Waals surface area contributed by atoms with Crippen LogP contribution in [-0.4, -0.2) is 10.1 Å². The highest BCUT2D eigenvalue weighted by Gasteiger charge is 2.33. The first-order chi connectivity index (χ1) is 8.79. The van der Waals surface area contributed by atoms with Crippen molar-refractivity contribution in [3.8, 4) is 0 Å². The van der Waals surface area contributed by atoms with Gasteiger partial charge in [0, 0.05) is 5.56 Å². The van der Waals surface area contributed by atoms with Crippen molar-refractivity contribution in [3.05, 3.63) is 52.2 Å². The van der Waals surface area contributed by atoms with Crippen LogP contribution in [0.1, 0.15) is 28.9 Å². The molecule has 0 aliphatic rings. The maximum absolute atomic E-state index is 12.4. The fourth-order valence-electron chi connectivity index (χ4n) is 1.56. The molecule has 3 nitrogen and oxygen atoms in total. The standard InChI is InChI=1S/C12H9ClF3NO2/c1-6-2-4-8(19-6)10(18)7-3-5-9(12(14,15)16)17-11(7)13/h2-5,10,18H,1H3. The topological polar surface area (TPSA) is 46.3 Å². The van der Waals surface area contributed by atoms with Crippen LogP contribution in [-0.2, 0) is 6.18 Å². The van der Waals surface area contributed by atoms with Gasteiger partial charge in [0.25, 0.3) is 0 Å². The highest BCUT2D eigenvalue weighted by molar-refractivity contribution is 6.30. The van der Waals surface area contributed by atoms with Crippen LogP contribution in [0.15, 0.2) is 28.7 Å². The SMILES string of the molecule is Cc1ccc(C(O)c2ccc(C(F)(F)F)nc2Cl)o1. The lowest BCUT2D eigenvalue weighted by atomic mass is 10.1. The summed E-state index contributed by atoms with van der Waals surface area (Å²) in [5.41, 5.74) is -1.05. The van der Waals surface area contributed by atoms with E-state index in [1.165, 1.54) is 6.07 Å². The first-order valence-electron chi connectivity index (χ1n) is 5.27. The number of aromatic nitrogens is 1. The lowest BCUT2D eigenvalue weighted by Gasteiger charge is -2.12. The van der Waals surface area contributed by atoms with Gasteiger partial charge in [-0.25, -0.2) is 4.98 Å². The molecule has 102 valence electrons. The second-order valence-electron chi connectivity index (χ2n) is 3.93. The second kappa shape index (κ2) is 4.86. The number of nitrogens with zero attached hydrogens (tertiary/aromatic N) is 1. The number of furan rings is 1. The van der Waals surface area contributed by atoms with Gasteiger partial charge in [-0.15, -0.1) is 0 Å². The Morgan fingerprint density at radius 2 is 1.95 bits per heavy atom. The van der Waals surface area contributed by atoms with E-state index < -0.39 is 23.1 Å². The predicted molar refractivity (Wildman–Crippen MR) is 61.8 cm³/mol. The Hall–Kier alpha value is -1.53. The van der Waals surface area contributed by atoms with E-state index in [2.05, 4.69) is 4.98 Å². The molecule has 2 rings (SSSR count). The molecule has 7 heteroatoms. The lowest BCUT2D eigenvalue weighted by molar-refractivity contribution is -0.141. The Kier molecular flexibility index (Phi) is 3.56. The molecular weight excluding hydrogens is 283 g/mol. The van der Waals surface area contributed by atoms with E-state index in [-0.39, 0.29) is 11.3 Å². The van der Waals surface area contributed by atoms with E-state index in [1.807, 2.05) is 0 Å². The molecule has 0 radical (unpaired) electrons. The molecule has 1 atom stereocenters. The third-order valence-electron chi connectivity index (χ3n) is 2.49. The zero-order chi connectivity index (χ0) is 14.2. The smallest absolute Gasteiger partial charge is 0.433 e. The summed E-state index contributed by atoms with van der Waals surface area (Å²) in [6, 6.07) is 5.00. The predicted octanol–water partition coefficient (Wildman–Crippen LogP) is 3.74. The second-order valence-corrected chi connectivity index (χ2v) is 4.28. The maximum atomic E-state index is 12.4. The Labute approximate surface area is 111 Å². The Bertz CT molecular complexity index is 595. The number of aryl methyl sites for hydroxylation is 1. The first-order valence-corrected chi connectivity index (χ1v) is 5.65. The van der Waals surface area contributed by atoms with Gasteiger partial charge in [0.05, 0.1) is 0 Å². The summed E-state index contributed by atoms with van der Waals surface area (Å²) in [6.07, 6.45) is -5.83. The largest absolute Gasteiger partial charge is 0.463 e. The van der Waals surface area contributed by atoms with Crippen molar-refractivity contribution in [2.45, 2.75) is 19.2 Å². The number of aliphatic hydroxyl groups is 1. The van der Waals surface area contributed by atoms with Gasteiger partial charge >= 0.3 is 6.18 Å². The molecule has 2 heterocycles. The molecule has 1 N–H and O–H groups in total. The summed E-state index contributed by atoms with van der Waals surface area (Å²) in [5.74, 6) is 0.769. The fraction of sp³-hybridized carbons (Fsp3) is 0.250. The van der Waals surface area contributed by atoms with Gasteiger partial charge in [0.2, 0.25) is 0 Å². The summed E-state index contributed by atoms with van der Waals surface area (Å²) in [4.78, 5) is 3.24. The van der Waals surface area contributed by atoms with E-state index >= 15 is 0 Å². The van der Waals surface area contributed by atoms with Crippen molar-refractivity contribution in [1.29, 1.82) is 0 Å². The molecule has 0 aromatic carbocycles. The van der Waals surface area contributed by atoms with Crippen molar-refractivity contribution in [2.24, 2.45) is 0 Å². The average molecular weight is 292 g/mol. The molecule has 1 unspecified atom stereocenters. The molecule has 0 saturated heterocycles. The summed E-state index contributed by atoms with van der Waals surface area (Å²) in [6.45, 7) is 1.68. The molecular formula is C12H9ClF3NO2. The van der Waals surface area contributed by atoms with Crippen molar-refractivity contribution in [1.82, 2.24) is 4.98 Å². The minimum absolute atomic E-state index is 0.0593. The van der Waals surface area contributed by atoms with Crippen molar-refractivity contribution >= 4 is 11.6 Å². The summed E-state index contributed by atoms with van der Waals surface area (Å²) < 4.78 is 42.5. The third-order valence-corrected chi connectivity index (χ3v) is 2.80. The van der Waals surface area contributed by atoms with Crippen molar-refractivity contribution < 1.29 is 22.7 Å². The Balaban J connectivity index is 2.36. The highest BCUT2D eigenvalue weighted by atomic mass is 35.5. The van der Waals surface area contributed by atoms with Crippen LogP contribution in [0.4, 0.5) is 13.2 Å². The van der Waals surface area contributed by atoms with E-state index in [4.69, 9.17) is 16.0 Å². The van der Waals surface area contributed by atoms with Gasteiger partial charge in [-0.1, -0.05) is 17.7 Å². The molecule has 0 spiro atoms. The molecule has 0 saturated carbocycles. The zero-order valence-corrected chi connectivity index (χ0v) is 10.5.